The van der Waals surface area contributed by atoms with Gasteiger partial charge in [0.05, 0.1) is 5.69 Å². The molecule has 3 rings (SSSR count). The molecule has 34 heavy (non-hydrogen) atoms. The summed E-state index contributed by atoms with van der Waals surface area (Å²) >= 11 is 0. The Morgan fingerprint density at radius 3 is 2.41 bits per heavy atom. The minimum atomic E-state index is -0.229. The first-order valence-electron chi connectivity index (χ1n) is 12.0. The number of nitrogens with one attached hydrogen (secondary N) is 1. The van der Waals surface area contributed by atoms with Gasteiger partial charge < -0.3 is 21.7 Å². The zero-order valence-electron chi connectivity index (χ0n) is 20.1. The van der Waals surface area contributed by atoms with Gasteiger partial charge in [-0.25, -0.2) is 4.99 Å². The molecule has 7 heteroatoms. The third-order valence-electron chi connectivity index (χ3n) is 5.69. The normalized spacial score (nSPS) is 12.8. The standard InChI is InChI=1S/C27H35N5O2/c1-3-14-32(15-4-2)27(34)22-16-20-9-10-21(17-24(20)31-25(29)18-22)26(33)30-23-11-7-19(8-12-23)6-5-13-28/h7-12,16-17H,3-6,13-15,18,28H2,1-2H3,(H2,29,31)(H,30,33). The lowest BCUT2D eigenvalue weighted by molar-refractivity contribution is -0.127. The van der Waals surface area contributed by atoms with E-state index in [0.717, 1.165) is 36.9 Å². The van der Waals surface area contributed by atoms with Crippen molar-refractivity contribution in [2.24, 2.45) is 16.5 Å². The molecule has 2 amide bonds. The maximum Gasteiger partial charge on any atom is 0.255 e. The Labute approximate surface area is 201 Å². The molecule has 2 aromatic carbocycles. The quantitative estimate of drug-likeness (QED) is 0.491. The Hall–Kier alpha value is -3.45. The van der Waals surface area contributed by atoms with E-state index in [4.69, 9.17) is 11.5 Å². The van der Waals surface area contributed by atoms with Crippen LogP contribution in [0.1, 0.15) is 61.0 Å². The molecule has 7 nitrogen and oxygen atoms in total. The van der Waals surface area contributed by atoms with Gasteiger partial charge in [0.1, 0.15) is 5.84 Å². The monoisotopic (exact) mass is 461 g/mol. The van der Waals surface area contributed by atoms with Crippen molar-refractivity contribution in [2.45, 2.75) is 46.0 Å². The van der Waals surface area contributed by atoms with Gasteiger partial charge in [0, 0.05) is 41.9 Å². The Balaban J connectivity index is 1.79. The maximum atomic E-state index is 13.1. The molecule has 0 aliphatic carbocycles. The molecule has 0 saturated heterocycles. The lowest BCUT2D eigenvalue weighted by atomic mass is 10.0. The fraction of sp³-hybridized carbons (Fsp3) is 0.370. The summed E-state index contributed by atoms with van der Waals surface area (Å²) in [6.45, 7) is 6.20. The van der Waals surface area contributed by atoms with Crippen molar-refractivity contribution >= 4 is 35.1 Å². The SMILES string of the molecule is CCCN(CCC)C(=O)C1=Cc2ccc(C(=O)Nc3ccc(CCCN)cc3)cc2N=C(N)C1. The topological polar surface area (TPSA) is 114 Å². The van der Waals surface area contributed by atoms with E-state index in [1.54, 1.807) is 12.1 Å². The van der Waals surface area contributed by atoms with Gasteiger partial charge in [-0.2, -0.15) is 0 Å². The zero-order chi connectivity index (χ0) is 24.5. The lowest BCUT2D eigenvalue weighted by Crippen LogP contribution is -2.34. The number of hydrogen-bond acceptors (Lipinski definition) is 5. The highest BCUT2D eigenvalue weighted by molar-refractivity contribution is 6.07. The van der Waals surface area contributed by atoms with Gasteiger partial charge in [-0.05, 0) is 68.1 Å². The van der Waals surface area contributed by atoms with Crippen LogP contribution < -0.4 is 16.8 Å². The number of carbonyl (C=O) groups excluding carboxylic acids is 2. The molecule has 0 atom stereocenters. The van der Waals surface area contributed by atoms with Crippen molar-refractivity contribution in [3.05, 3.63) is 64.7 Å². The fourth-order valence-electron chi connectivity index (χ4n) is 3.99. The van der Waals surface area contributed by atoms with Crippen LogP contribution in [0, 0.1) is 0 Å². The Kier molecular flexibility index (Phi) is 8.99. The van der Waals surface area contributed by atoms with Crippen LogP contribution in [0.4, 0.5) is 11.4 Å². The van der Waals surface area contributed by atoms with Gasteiger partial charge in [-0.15, -0.1) is 0 Å². The average molecular weight is 462 g/mol. The number of benzene rings is 2. The highest BCUT2D eigenvalue weighted by Gasteiger charge is 2.21. The first kappa shape index (κ1) is 25.2. The number of aryl methyl sites for hydroxylation is 1. The highest BCUT2D eigenvalue weighted by atomic mass is 16.2. The summed E-state index contributed by atoms with van der Waals surface area (Å²) in [4.78, 5) is 32.3. The number of fused-ring (bicyclic) bond motifs is 1. The van der Waals surface area contributed by atoms with E-state index in [1.807, 2.05) is 41.3 Å². The molecule has 1 aliphatic heterocycles. The summed E-state index contributed by atoms with van der Waals surface area (Å²) < 4.78 is 0. The van der Waals surface area contributed by atoms with E-state index in [9.17, 15) is 9.59 Å². The lowest BCUT2D eigenvalue weighted by Gasteiger charge is -2.22. The predicted molar refractivity (Wildman–Crippen MR) is 139 cm³/mol. The summed E-state index contributed by atoms with van der Waals surface area (Å²) in [6.07, 6.45) is 5.78. The third-order valence-corrected chi connectivity index (χ3v) is 5.69. The molecule has 0 bridgehead atoms. The average Bonchev–Trinajstić information content (AvgIpc) is 3.00. The largest absolute Gasteiger partial charge is 0.387 e. The minimum Gasteiger partial charge on any atom is -0.387 e. The minimum absolute atomic E-state index is 0.00794. The van der Waals surface area contributed by atoms with Crippen LogP contribution in [-0.2, 0) is 11.2 Å². The van der Waals surface area contributed by atoms with E-state index >= 15 is 0 Å². The van der Waals surface area contributed by atoms with Crippen molar-refractivity contribution < 1.29 is 9.59 Å². The molecule has 1 aliphatic rings. The maximum absolute atomic E-state index is 13.1. The van der Waals surface area contributed by atoms with Gasteiger partial charge in [0.25, 0.3) is 5.91 Å². The van der Waals surface area contributed by atoms with E-state index in [0.29, 0.717) is 42.3 Å². The number of aliphatic imine (C=N–C) groups is 1. The van der Waals surface area contributed by atoms with Crippen molar-refractivity contribution in [3.63, 3.8) is 0 Å². The summed E-state index contributed by atoms with van der Waals surface area (Å²) in [5.74, 6) is 0.122. The molecule has 180 valence electrons. The second kappa shape index (κ2) is 12.1. The van der Waals surface area contributed by atoms with Gasteiger partial charge >= 0.3 is 0 Å². The number of nitrogens with two attached hydrogens (primary N) is 2. The Bertz CT molecular complexity index is 1070. The third kappa shape index (κ3) is 6.54. The van der Waals surface area contributed by atoms with E-state index < -0.39 is 0 Å². The van der Waals surface area contributed by atoms with Crippen molar-refractivity contribution in [1.29, 1.82) is 0 Å². The van der Waals surface area contributed by atoms with E-state index in [1.165, 1.54) is 5.56 Å². The molecule has 0 unspecified atom stereocenters. The van der Waals surface area contributed by atoms with Crippen LogP contribution in [0.5, 0.6) is 0 Å². The van der Waals surface area contributed by atoms with E-state index in [2.05, 4.69) is 24.2 Å². The number of amides is 2. The molecule has 0 spiro atoms. The van der Waals surface area contributed by atoms with Crippen molar-refractivity contribution in [1.82, 2.24) is 4.90 Å². The summed E-state index contributed by atoms with van der Waals surface area (Å²) in [7, 11) is 0. The van der Waals surface area contributed by atoms with E-state index in [-0.39, 0.29) is 18.2 Å². The second-order valence-electron chi connectivity index (χ2n) is 8.56. The van der Waals surface area contributed by atoms with Gasteiger partial charge in [-0.1, -0.05) is 32.0 Å². The highest BCUT2D eigenvalue weighted by Crippen LogP contribution is 2.29. The number of carbonyl (C=O) groups is 2. The molecule has 0 radical (unpaired) electrons. The number of anilines is 1. The number of amidine groups is 1. The predicted octanol–water partition coefficient (Wildman–Crippen LogP) is 4.25. The Morgan fingerprint density at radius 1 is 1.06 bits per heavy atom. The van der Waals surface area contributed by atoms with Gasteiger partial charge in [-0.3, -0.25) is 9.59 Å². The van der Waals surface area contributed by atoms with Gasteiger partial charge in [0.15, 0.2) is 0 Å². The second-order valence-corrected chi connectivity index (χ2v) is 8.56. The molecule has 0 fully saturated rings. The van der Waals surface area contributed by atoms with Crippen LogP contribution in [0.2, 0.25) is 0 Å². The van der Waals surface area contributed by atoms with Crippen LogP contribution in [0.3, 0.4) is 0 Å². The molecular formula is C27H35N5O2. The first-order valence-corrected chi connectivity index (χ1v) is 12.0. The first-order chi connectivity index (χ1) is 16.4. The zero-order valence-corrected chi connectivity index (χ0v) is 20.1. The molecule has 2 aromatic rings. The summed E-state index contributed by atoms with van der Waals surface area (Å²) in [6, 6.07) is 13.1. The Morgan fingerprint density at radius 2 is 1.76 bits per heavy atom. The van der Waals surface area contributed by atoms with Crippen LogP contribution in [0.15, 0.2) is 53.0 Å². The van der Waals surface area contributed by atoms with Crippen LogP contribution in [-0.4, -0.2) is 42.2 Å². The number of hydrogen-bond donors (Lipinski definition) is 3. The fourth-order valence-corrected chi connectivity index (χ4v) is 3.99. The van der Waals surface area contributed by atoms with Crippen molar-refractivity contribution in [2.75, 3.05) is 25.0 Å². The molecule has 0 saturated carbocycles. The van der Waals surface area contributed by atoms with Crippen LogP contribution in [0.25, 0.3) is 6.08 Å². The van der Waals surface area contributed by atoms with Crippen LogP contribution >= 0.6 is 0 Å². The molecular weight excluding hydrogens is 426 g/mol. The molecule has 0 aromatic heterocycles. The molecule has 5 N–H and O–H groups in total. The smallest absolute Gasteiger partial charge is 0.255 e. The molecule has 1 heterocycles. The summed E-state index contributed by atoms with van der Waals surface area (Å²) in [5, 5.41) is 2.93. The summed E-state index contributed by atoms with van der Waals surface area (Å²) in [5.41, 5.74) is 16.1. The number of rotatable bonds is 10. The van der Waals surface area contributed by atoms with Crippen molar-refractivity contribution in [3.8, 4) is 0 Å². The van der Waals surface area contributed by atoms with Gasteiger partial charge in [0.2, 0.25) is 5.91 Å². The number of nitrogens with zero attached hydrogens (tertiary/aromatic N) is 2.